The molecule has 0 aliphatic carbocycles. The highest BCUT2D eigenvalue weighted by Gasteiger charge is 2.16. The summed E-state index contributed by atoms with van der Waals surface area (Å²) < 4.78 is 32.5. The van der Waals surface area contributed by atoms with Crippen LogP contribution in [0.4, 0.5) is 8.78 Å². The molecule has 0 unspecified atom stereocenters. The number of halogens is 2. The summed E-state index contributed by atoms with van der Waals surface area (Å²) in [5.41, 5.74) is 1.21. The van der Waals surface area contributed by atoms with Gasteiger partial charge in [0.05, 0.1) is 0 Å². The molecule has 0 fully saturated rings. The van der Waals surface area contributed by atoms with Crippen LogP contribution in [-0.2, 0) is 4.79 Å². The molecule has 2 N–H and O–H groups in total. The van der Waals surface area contributed by atoms with E-state index in [1.54, 1.807) is 0 Å². The predicted octanol–water partition coefficient (Wildman–Crippen LogP) is 2.51. The SMILES string of the molecule is Cc1cccc(C)c1OCC(=O)NCCNC(=O)c1c(F)cccc1F. The minimum Gasteiger partial charge on any atom is -0.483 e. The van der Waals surface area contributed by atoms with Gasteiger partial charge in [-0.15, -0.1) is 0 Å². The van der Waals surface area contributed by atoms with Gasteiger partial charge in [-0.2, -0.15) is 0 Å². The molecule has 0 spiro atoms. The van der Waals surface area contributed by atoms with Crippen LogP contribution in [0.15, 0.2) is 36.4 Å². The van der Waals surface area contributed by atoms with Gasteiger partial charge in [0.2, 0.25) is 0 Å². The van der Waals surface area contributed by atoms with Gasteiger partial charge in [-0.05, 0) is 37.1 Å². The van der Waals surface area contributed by atoms with E-state index in [1.165, 1.54) is 6.07 Å². The van der Waals surface area contributed by atoms with Crippen LogP contribution in [0.2, 0.25) is 0 Å². The lowest BCUT2D eigenvalue weighted by Gasteiger charge is -2.12. The van der Waals surface area contributed by atoms with Gasteiger partial charge in [-0.25, -0.2) is 8.78 Å². The van der Waals surface area contributed by atoms with Gasteiger partial charge in [0.25, 0.3) is 11.8 Å². The summed E-state index contributed by atoms with van der Waals surface area (Å²) in [7, 11) is 0. The number of para-hydroxylation sites is 1. The van der Waals surface area contributed by atoms with Gasteiger partial charge >= 0.3 is 0 Å². The van der Waals surface area contributed by atoms with Crippen molar-refractivity contribution in [1.82, 2.24) is 10.6 Å². The maximum Gasteiger partial charge on any atom is 0.258 e. The standard InChI is InChI=1S/C19H20F2N2O3/c1-12-5-3-6-13(2)18(12)26-11-16(24)22-9-10-23-19(25)17-14(20)7-4-8-15(17)21/h3-8H,9-11H2,1-2H3,(H,22,24)(H,23,25). The molecule has 0 saturated heterocycles. The summed E-state index contributed by atoms with van der Waals surface area (Å²) >= 11 is 0. The topological polar surface area (TPSA) is 67.4 Å². The fourth-order valence-corrected chi connectivity index (χ4v) is 2.40. The highest BCUT2D eigenvalue weighted by molar-refractivity contribution is 5.94. The number of amides is 2. The van der Waals surface area contributed by atoms with E-state index in [2.05, 4.69) is 10.6 Å². The number of benzene rings is 2. The van der Waals surface area contributed by atoms with Crippen molar-refractivity contribution in [2.24, 2.45) is 0 Å². The molecular formula is C19H20F2N2O3. The Balaban J connectivity index is 1.74. The zero-order valence-electron chi connectivity index (χ0n) is 14.6. The van der Waals surface area contributed by atoms with Crippen LogP contribution in [0.25, 0.3) is 0 Å². The number of carbonyl (C=O) groups is 2. The first-order chi connectivity index (χ1) is 12.4. The number of ether oxygens (including phenoxy) is 1. The van der Waals surface area contributed by atoms with Crippen molar-refractivity contribution in [2.45, 2.75) is 13.8 Å². The number of rotatable bonds is 7. The van der Waals surface area contributed by atoms with E-state index in [1.807, 2.05) is 32.0 Å². The van der Waals surface area contributed by atoms with Gasteiger partial charge in [0, 0.05) is 13.1 Å². The first kappa shape index (κ1) is 19.4. The molecule has 0 aromatic heterocycles. The van der Waals surface area contributed by atoms with Crippen LogP contribution in [0.1, 0.15) is 21.5 Å². The van der Waals surface area contributed by atoms with E-state index in [-0.39, 0.29) is 25.6 Å². The molecule has 2 amide bonds. The molecule has 5 nitrogen and oxygen atoms in total. The molecule has 2 aromatic rings. The lowest BCUT2D eigenvalue weighted by atomic mass is 10.1. The van der Waals surface area contributed by atoms with Crippen LogP contribution in [0.3, 0.4) is 0 Å². The Morgan fingerprint density at radius 3 is 2.08 bits per heavy atom. The molecule has 2 rings (SSSR count). The number of hydrogen-bond donors (Lipinski definition) is 2. The van der Waals surface area contributed by atoms with Gasteiger partial charge < -0.3 is 15.4 Å². The molecule has 138 valence electrons. The molecule has 0 bridgehead atoms. The molecule has 0 aliphatic rings. The Kier molecular flexibility index (Phi) is 6.66. The molecule has 0 radical (unpaired) electrons. The van der Waals surface area contributed by atoms with E-state index in [0.717, 1.165) is 23.3 Å². The zero-order chi connectivity index (χ0) is 19.1. The van der Waals surface area contributed by atoms with E-state index in [0.29, 0.717) is 5.75 Å². The van der Waals surface area contributed by atoms with Crippen molar-refractivity contribution in [1.29, 1.82) is 0 Å². The van der Waals surface area contributed by atoms with Crippen molar-refractivity contribution in [2.75, 3.05) is 19.7 Å². The normalized spacial score (nSPS) is 10.3. The largest absolute Gasteiger partial charge is 0.483 e. The number of carbonyl (C=O) groups excluding carboxylic acids is 2. The third kappa shape index (κ3) is 5.02. The number of hydrogen-bond acceptors (Lipinski definition) is 3. The van der Waals surface area contributed by atoms with Crippen molar-refractivity contribution in [3.63, 3.8) is 0 Å². The van der Waals surface area contributed by atoms with E-state index in [4.69, 9.17) is 4.74 Å². The monoisotopic (exact) mass is 362 g/mol. The Bertz CT molecular complexity index is 769. The number of aryl methyl sites for hydroxylation is 2. The summed E-state index contributed by atoms with van der Waals surface area (Å²) in [6.07, 6.45) is 0. The van der Waals surface area contributed by atoms with Crippen molar-refractivity contribution in [3.8, 4) is 5.75 Å². The molecule has 0 heterocycles. The second kappa shape index (κ2) is 8.94. The Morgan fingerprint density at radius 1 is 0.923 bits per heavy atom. The van der Waals surface area contributed by atoms with Gasteiger partial charge in [0.15, 0.2) is 6.61 Å². The van der Waals surface area contributed by atoms with Gasteiger partial charge in [-0.1, -0.05) is 24.3 Å². The van der Waals surface area contributed by atoms with Crippen molar-refractivity contribution >= 4 is 11.8 Å². The smallest absolute Gasteiger partial charge is 0.258 e. The summed E-state index contributed by atoms with van der Waals surface area (Å²) in [5, 5.41) is 4.92. The molecule has 26 heavy (non-hydrogen) atoms. The lowest BCUT2D eigenvalue weighted by molar-refractivity contribution is -0.123. The minimum absolute atomic E-state index is 0.0295. The third-order valence-corrected chi connectivity index (χ3v) is 3.68. The fourth-order valence-electron chi connectivity index (χ4n) is 2.40. The first-order valence-corrected chi connectivity index (χ1v) is 8.08. The van der Waals surface area contributed by atoms with E-state index in [9.17, 15) is 18.4 Å². The Labute approximate surface area is 150 Å². The second-order valence-corrected chi connectivity index (χ2v) is 5.71. The highest BCUT2D eigenvalue weighted by Crippen LogP contribution is 2.21. The molecular weight excluding hydrogens is 342 g/mol. The summed E-state index contributed by atoms with van der Waals surface area (Å²) in [5.74, 6) is -2.45. The summed E-state index contributed by atoms with van der Waals surface area (Å²) in [6, 6.07) is 8.86. The van der Waals surface area contributed by atoms with Crippen molar-refractivity contribution < 1.29 is 23.1 Å². The Morgan fingerprint density at radius 2 is 1.46 bits per heavy atom. The molecule has 0 saturated carbocycles. The van der Waals surface area contributed by atoms with Gasteiger partial charge in [-0.3, -0.25) is 9.59 Å². The quantitative estimate of drug-likeness (QED) is 0.744. The lowest BCUT2D eigenvalue weighted by Crippen LogP contribution is -2.37. The first-order valence-electron chi connectivity index (χ1n) is 8.08. The number of nitrogens with one attached hydrogen (secondary N) is 2. The predicted molar refractivity (Wildman–Crippen MR) is 93.1 cm³/mol. The average Bonchev–Trinajstić information content (AvgIpc) is 2.58. The van der Waals surface area contributed by atoms with Crippen LogP contribution in [0, 0.1) is 25.5 Å². The molecule has 7 heteroatoms. The minimum atomic E-state index is -0.937. The molecule has 0 atom stereocenters. The second-order valence-electron chi connectivity index (χ2n) is 5.71. The molecule has 2 aromatic carbocycles. The maximum absolute atomic E-state index is 13.5. The fraction of sp³-hybridized carbons (Fsp3) is 0.263. The zero-order valence-corrected chi connectivity index (χ0v) is 14.6. The van der Waals surface area contributed by atoms with Crippen LogP contribution < -0.4 is 15.4 Å². The van der Waals surface area contributed by atoms with E-state index < -0.39 is 23.1 Å². The summed E-state index contributed by atoms with van der Waals surface area (Å²) in [6.45, 7) is 3.75. The Hall–Kier alpha value is -2.96. The third-order valence-electron chi connectivity index (χ3n) is 3.68. The highest BCUT2D eigenvalue weighted by atomic mass is 19.1. The van der Waals surface area contributed by atoms with Crippen LogP contribution >= 0.6 is 0 Å². The summed E-state index contributed by atoms with van der Waals surface area (Å²) in [4.78, 5) is 23.6. The maximum atomic E-state index is 13.5. The van der Waals surface area contributed by atoms with E-state index >= 15 is 0 Å². The van der Waals surface area contributed by atoms with Gasteiger partial charge in [0.1, 0.15) is 22.9 Å². The van der Waals surface area contributed by atoms with Crippen LogP contribution in [-0.4, -0.2) is 31.5 Å². The van der Waals surface area contributed by atoms with Crippen LogP contribution in [0.5, 0.6) is 5.75 Å². The van der Waals surface area contributed by atoms with Crippen molar-refractivity contribution in [3.05, 3.63) is 64.7 Å². The average molecular weight is 362 g/mol. The molecule has 0 aliphatic heterocycles.